The second-order valence-corrected chi connectivity index (χ2v) is 6.18. The van der Waals surface area contributed by atoms with Gasteiger partial charge in [-0.25, -0.2) is 0 Å². The fraction of sp³-hybridized carbons (Fsp3) is 0.500. The molecule has 2 aliphatic rings. The van der Waals surface area contributed by atoms with Crippen molar-refractivity contribution < 1.29 is 4.79 Å². The summed E-state index contributed by atoms with van der Waals surface area (Å²) in [5.74, 6) is 1.20. The second kappa shape index (κ2) is 4.94. The van der Waals surface area contributed by atoms with Crippen LogP contribution in [0.3, 0.4) is 0 Å². The number of amides is 1. The second-order valence-electron chi connectivity index (χ2n) is 5.16. The molecule has 1 heterocycles. The predicted octanol–water partition coefficient (Wildman–Crippen LogP) is 2.92. The van der Waals surface area contributed by atoms with Crippen molar-refractivity contribution in [1.82, 2.24) is 0 Å². The van der Waals surface area contributed by atoms with E-state index in [0.717, 1.165) is 16.1 Å². The van der Waals surface area contributed by atoms with Crippen LogP contribution in [0.4, 0.5) is 5.69 Å². The topological polar surface area (TPSA) is 55.1 Å². The molecule has 0 bridgehead atoms. The third kappa shape index (κ3) is 2.27. The maximum atomic E-state index is 11.4. The van der Waals surface area contributed by atoms with E-state index >= 15 is 0 Å². The summed E-state index contributed by atoms with van der Waals surface area (Å²) in [5.41, 5.74) is 8.44. The van der Waals surface area contributed by atoms with E-state index in [1.54, 1.807) is 11.8 Å². The molecule has 4 heteroatoms. The van der Waals surface area contributed by atoms with Gasteiger partial charge in [0.15, 0.2) is 0 Å². The first-order chi connectivity index (χ1) is 8.74. The monoisotopic (exact) mass is 262 g/mol. The smallest absolute Gasteiger partial charge is 0.234 e. The number of thioether (sulfide) groups is 1. The number of hydrogen-bond donors (Lipinski definition) is 2. The highest BCUT2D eigenvalue weighted by molar-refractivity contribution is 8.00. The third-order valence-electron chi connectivity index (χ3n) is 3.93. The molecule has 1 aromatic rings. The van der Waals surface area contributed by atoms with Gasteiger partial charge in [-0.2, -0.15) is 0 Å². The van der Waals surface area contributed by atoms with Crippen molar-refractivity contribution in [2.24, 2.45) is 11.7 Å². The van der Waals surface area contributed by atoms with Gasteiger partial charge in [-0.1, -0.05) is 18.9 Å². The molecule has 18 heavy (non-hydrogen) atoms. The summed E-state index contributed by atoms with van der Waals surface area (Å²) >= 11 is 1.60. The number of hydrogen-bond acceptors (Lipinski definition) is 3. The van der Waals surface area contributed by atoms with Gasteiger partial charge >= 0.3 is 0 Å². The molecule has 0 spiro atoms. The lowest BCUT2D eigenvalue weighted by Crippen LogP contribution is -2.21. The molecule has 3 rings (SSSR count). The molecule has 1 atom stereocenters. The molecule has 1 fully saturated rings. The largest absolute Gasteiger partial charge is 0.324 e. The molecular weight excluding hydrogens is 244 g/mol. The van der Waals surface area contributed by atoms with Crippen LogP contribution in [0.15, 0.2) is 23.1 Å². The Morgan fingerprint density at radius 1 is 1.33 bits per heavy atom. The number of rotatable bonds is 2. The fourth-order valence-electron chi connectivity index (χ4n) is 2.90. The SMILES string of the molecule is NC(c1ccc2c(c1)NC(=O)CS2)C1CCCC1. The summed E-state index contributed by atoms with van der Waals surface area (Å²) < 4.78 is 0. The Morgan fingerprint density at radius 2 is 2.11 bits per heavy atom. The number of anilines is 1. The highest BCUT2D eigenvalue weighted by Gasteiger charge is 2.24. The van der Waals surface area contributed by atoms with Gasteiger partial charge in [-0.15, -0.1) is 11.8 Å². The molecule has 3 nitrogen and oxygen atoms in total. The maximum absolute atomic E-state index is 11.4. The number of carbonyl (C=O) groups excluding carboxylic acids is 1. The average Bonchev–Trinajstić information content (AvgIpc) is 2.90. The van der Waals surface area contributed by atoms with Gasteiger partial charge < -0.3 is 11.1 Å². The van der Waals surface area contributed by atoms with E-state index in [1.807, 2.05) is 0 Å². The molecule has 1 amide bonds. The van der Waals surface area contributed by atoms with Gasteiger partial charge in [0.25, 0.3) is 0 Å². The van der Waals surface area contributed by atoms with E-state index in [9.17, 15) is 4.79 Å². The number of nitrogens with two attached hydrogens (primary N) is 1. The van der Waals surface area contributed by atoms with Gasteiger partial charge in [0.05, 0.1) is 11.4 Å². The Kier molecular flexibility index (Phi) is 3.31. The third-order valence-corrected chi connectivity index (χ3v) is 5.00. The zero-order valence-corrected chi connectivity index (χ0v) is 11.1. The van der Waals surface area contributed by atoms with Crippen molar-refractivity contribution >= 4 is 23.4 Å². The lowest BCUT2D eigenvalue weighted by atomic mass is 9.92. The van der Waals surface area contributed by atoms with Gasteiger partial charge in [-0.3, -0.25) is 4.79 Å². The molecule has 3 N–H and O–H groups in total. The first kappa shape index (κ1) is 12.1. The molecule has 0 saturated heterocycles. The number of carbonyl (C=O) groups is 1. The lowest BCUT2D eigenvalue weighted by Gasteiger charge is -2.22. The molecule has 1 aliphatic heterocycles. The van der Waals surface area contributed by atoms with Crippen LogP contribution in [0.1, 0.15) is 37.3 Å². The first-order valence-electron chi connectivity index (χ1n) is 6.56. The van der Waals surface area contributed by atoms with Crippen LogP contribution in [0.5, 0.6) is 0 Å². The molecule has 0 aromatic heterocycles. The standard InChI is InChI=1S/C14H18N2OS/c15-14(9-3-1-2-4-9)10-5-6-12-11(7-10)16-13(17)8-18-12/h5-7,9,14H,1-4,8,15H2,(H,16,17). The van der Waals surface area contributed by atoms with Crippen LogP contribution >= 0.6 is 11.8 Å². The molecule has 1 aliphatic carbocycles. The Balaban J connectivity index is 1.84. The fourth-order valence-corrected chi connectivity index (χ4v) is 3.69. The van der Waals surface area contributed by atoms with E-state index in [4.69, 9.17) is 5.73 Å². The van der Waals surface area contributed by atoms with Crippen LogP contribution in [0.25, 0.3) is 0 Å². The quantitative estimate of drug-likeness (QED) is 0.861. The predicted molar refractivity (Wildman–Crippen MR) is 74.7 cm³/mol. The Bertz CT molecular complexity index is 469. The van der Waals surface area contributed by atoms with Gasteiger partial charge in [0.1, 0.15) is 0 Å². The Labute approximate surface area is 112 Å². The number of fused-ring (bicyclic) bond motifs is 1. The van der Waals surface area contributed by atoms with E-state index in [-0.39, 0.29) is 11.9 Å². The van der Waals surface area contributed by atoms with Crippen LogP contribution in [0, 0.1) is 5.92 Å². The van der Waals surface area contributed by atoms with Crippen LogP contribution < -0.4 is 11.1 Å². The summed E-state index contributed by atoms with van der Waals surface area (Å²) in [4.78, 5) is 12.5. The van der Waals surface area contributed by atoms with Crippen molar-refractivity contribution in [3.8, 4) is 0 Å². The number of nitrogens with one attached hydrogen (secondary N) is 1. The van der Waals surface area contributed by atoms with Crippen molar-refractivity contribution in [1.29, 1.82) is 0 Å². The number of benzene rings is 1. The molecule has 1 unspecified atom stereocenters. The summed E-state index contributed by atoms with van der Waals surface area (Å²) in [5, 5.41) is 2.93. The zero-order chi connectivity index (χ0) is 12.5. The molecule has 96 valence electrons. The first-order valence-corrected chi connectivity index (χ1v) is 7.55. The van der Waals surface area contributed by atoms with Crippen molar-refractivity contribution in [2.75, 3.05) is 11.1 Å². The van der Waals surface area contributed by atoms with Crippen molar-refractivity contribution in [2.45, 2.75) is 36.6 Å². The van der Waals surface area contributed by atoms with Crippen LogP contribution in [-0.4, -0.2) is 11.7 Å². The molecule has 1 saturated carbocycles. The van der Waals surface area contributed by atoms with Crippen LogP contribution in [-0.2, 0) is 4.79 Å². The van der Waals surface area contributed by atoms with Gasteiger partial charge in [0.2, 0.25) is 5.91 Å². The van der Waals surface area contributed by atoms with E-state index in [0.29, 0.717) is 11.7 Å². The summed E-state index contributed by atoms with van der Waals surface area (Å²) in [6.45, 7) is 0. The summed E-state index contributed by atoms with van der Waals surface area (Å²) in [6.07, 6.45) is 5.07. The summed E-state index contributed by atoms with van der Waals surface area (Å²) in [6, 6.07) is 6.37. The van der Waals surface area contributed by atoms with Crippen molar-refractivity contribution in [3.63, 3.8) is 0 Å². The maximum Gasteiger partial charge on any atom is 0.234 e. The van der Waals surface area contributed by atoms with E-state index < -0.39 is 0 Å². The highest BCUT2D eigenvalue weighted by atomic mass is 32.2. The molecule has 1 aromatic carbocycles. The minimum Gasteiger partial charge on any atom is -0.324 e. The highest BCUT2D eigenvalue weighted by Crippen LogP contribution is 2.38. The molecule has 0 radical (unpaired) electrons. The normalized spacial score (nSPS) is 21.5. The average molecular weight is 262 g/mol. The Hall–Kier alpha value is -1.000. The zero-order valence-electron chi connectivity index (χ0n) is 10.3. The van der Waals surface area contributed by atoms with E-state index in [2.05, 4.69) is 23.5 Å². The summed E-state index contributed by atoms with van der Waals surface area (Å²) in [7, 11) is 0. The minimum absolute atomic E-state index is 0.0825. The van der Waals surface area contributed by atoms with Crippen LogP contribution in [0.2, 0.25) is 0 Å². The Morgan fingerprint density at radius 3 is 2.89 bits per heavy atom. The van der Waals surface area contributed by atoms with E-state index in [1.165, 1.54) is 25.7 Å². The van der Waals surface area contributed by atoms with Gasteiger partial charge in [-0.05, 0) is 36.5 Å². The minimum atomic E-state index is 0.0825. The van der Waals surface area contributed by atoms with Crippen molar-refractivity contribution in [3.05, 3.63) is 23.8 Å². The molecular formula is C14H18N2OS. The lowest BCUT2D eigenvalue weighted by molar-refractivity contribution is -0.113. The van der Waals surface area contributed by atoms with Gasteiger partial charge in [0, 0.05) is 10.9 Å².